The molecule has 4 aromatic rings. The Hall–Kier alpha value is -4.03. The van der Waals surface area contributed by atoms with Gasteiger partial charge >= 0.3 is 0 Å². The quantitative estimate of drug-likeness (QED) is 0.419. The van der Waals surface area contributed by atoms with Crippen LogP contribution in [0.2, 0.25) is 0 Å². The molecular weight excluding hydrogens is 434 g/mol. The topological polar surface area (TPSA) is 80.3 Å². The van der Waals surface area contributed by atoms with Crippen LogP contribution in [0.5, 0.6) is 0 Å². The Kier molecular flexibility index (Phi) is 5.15. The molecule has 1 aliphatic heterocycles. The maximum atomic E-state index is 13.1. The Morgan fingerprint density at radius 2 is 1.39 bits per heavy atom. The van der Waals surface area contributed by atoms with Crippen LogP contribution in [0.25, 0.3) is 0 Å². The summed E-state index contributed by atoms with van der Waals surface area (Å²) in [5.41, 5.74) is 3.09. The third-order valence-electron chi connectivity index (χ3n) is 5.70. The highest BCUT2D eigenvalue weighted by Gasteiger charge is 2.35. The molecule has 0 saturated carbocycles. The zero-order valence-corrected chi connectivity index (χ0v) is 18.3. The molecular formula is C27H19NO4S. The summed E-state index contributed by atoms with van der Waals surface area (Å²) in [6, 6.07) is 27.7. The fourth-order valence-corrected chi connectivity index (χ4v) is 5.71. The first-order valence-electron chi connectivity index (χ1n) is 10.4. The van der Waals surface area contributed by atoms with E-state index in [1.165, 1.54) is 30.3 Å². The number of fused-ring (bicyclic) bond motifs is 2. The first kappa shape index (κ1) is 20.8. The molecule has 1 heterocycles. The van der Waals surface area contributed by atoms with E-state index in [4.69, 9.17) is 0 Å². The van der Waals surface area contributed by atoms with Crippen LogP contribution in [0.15, 0.2) is 107 Å². The van der Waals surface area contributed by atoms with Crippen LogP contribution in [0.3, 0.4) is 0 Å². The van der Waals surface area contributed by atoms with E-state index in [0.29, 0.717) is 12.1 Å². The normalized spacial score (nSPS) is 13.6. The maximum Gasteiger partial charge on any atom is 0.255 e. The summed E-state index contributed by atoms with van der Waals surface area (Å²) in [7, 11) is -3.91. The van der Waals surface area contributed by atoms with Gasteiger partial charge in [-0.2, -0.15) is 0 Å². The Morgan fingerprint density at radius 1 is 0.727 bits per heavy atom. The van der Waals surface area contributed by atoms with Crippen molar-refractivity contribution in [3.63, 3.8) is 0 Å². The number of carbonyl (C=O) groups excluding carboxylic acids is 2. The van der Waals surface area contributed by atoms with E-state index in [2.05, 4.69) is 5.32 Å². The van der Waals surface area contributed by atoms with Gasteiger partial charge in [-0.3, -0.25) is 9.59 Å². The predicted molar refractivity (Wildman–Crippen MR) is 125 cm³/mol. The number of ketones is 1. The molecule has 1 amide bonds. The second-order valence-corrected chi connectivity index (χ2v) is 9.70. The molecule has 0 fully saturated rings. The van der Waals surface area contributed by atoms with Gasteiger partial charge in [-0.1, -0.05) is 60.7 Å². The standard InChI is InChI=1S/C27H19NO4S/c29-26-21-11-5-7-13-24(21)33(31,32)25-17-20(14-15-22(25)26)27(30)28-23-12-6-4-10-19(23)16-18-8-2-1-3-9-18/h1-15,17H,16H2,(H,28,30). The molecule has 1 N–H and O–H groups in total. The molecule has 4 aromatic carbocycles. The Balaban J connectivity index is 1.48. The minimum absolute atomic E-state index is 0.0340. The smallest absolute Gasteiger partial charge is 0.255 e. The summed E-state index contributed by atoms with van der Waals surface area (Å²) in [6.07, 6.45) is 0.640. The molecule has 6 heteroatoms. The molecule has 5 rings (SSSR count). The molecule has 0 atom stereocenters. The number of hydrogen-bond donors (Lipinski definition) is 1. The molecule has 1 aliphatic rings. The third kappa shape index (κ3) is 3.75. The van der Waals surface area contributed by atoms with Gasteiger partial charge in [0.25, 0.3) is 5.91 Å². The van der Waals surface area contributed by atoms with Crippen LogP contribution in [0, 0.1) is 0 Å². The fraction of sp³-hybridized carbons (Fsp3) is 0.0370. The number of benzene rings is 4. The van der Waals surface area contributed by atoms with Gasteiger partial charge in [-0.05, 0) is 53.9 Å². The van der Waals surface area contributed by atoms with E-state index < -0.39 is 15.7 Å². The van der Waals surface area contributed by atoms with Crippen LogP contribution >= 0.6 is 0 Å². The van der Waals surface area contributed by atoms with Crippen LogP contribution in [-0.2, 0) is 16.3 Å². The zero-order chi connectivity index (χ0) is 23.0. The average molecular weight is 454 g/mol. The molecule has 0 bridgehead atoms. The van der Waals surface area contributed by atoms with Gasteiger partial charge in [-0.15, -0.1) is 0 Å². The van der Waals surface area contributed by atoms with Crippen molar-refractivity contribution in [3.8, 4) is 0 Å². The van der Waals surface area contributed by atoms with Crippen molar-refractivity contribution in [1.29, 1.82) is 0 Å². The van der Waals surface area contributed by atoms with Gasteiger partial charge in [0.05, 0.1) is 9.79 Å². The Morgan fingerprint density at radius 3 is 2.21 bits per heavy atom. The number of nitrogens with one attached hydrogen (secondary N) is 1. The Labute approximate surface area is 191 Å². The van der Waals surface area contributed by atoms with Crippen molar-refractivity contribution in [1.82, 2.24) is 0 Å². The molecule has 0 saturated heterocycles. The third-order valence-corrected chi connectivity index (χ3v) is 7.55. The largest absolute Gasteiger partial charge is 0.322 e. The van der Waals surface area contributed by atoms with Gasteiger partial charge in [0.2, 0.25) is 9.84 Å². The molecule has 0 radical (unpaired) electrons. The van der Waals surface area contributed by atoms with Gasteiger partial charge < -0.3 is 5.32 Å². The number of para-hydroxylation sites is 1. The fourth-order valence-electron chi connectivity index (χ4n) is 4.03. The molecule has 0 aromatic heterocycles. The van der Waals surface area contributed by atoms with Gasteiger partial charge in [0, 0.05) is 22.4 Å². The van der Waals surface area contributed by atoms with E-state index in [0.717, 1.165) is 11.1 Å². The summed E-state index contributed by atoms with van der Waals surface area (Å²) in [6.45, 7) is 0. The average Bonchev–Trinajstić information content (AvgIpc) is 2.84. The molecule has 162 valence electrons. The molecule has 0 unspecified atom stereocenters. The molecule has 33 heavy (non-hydrogen) atoms. The first-order chi connectivity index (χ1) is 15.9. The minimum Gasteiger partial charge on any atom is -0.322 e. The molecule has 0 aliphatic carbocycles. The maximum absolute atomic E-state index is 13.1. The number of rotatable bonds is 4. The zero-order valence-electron chi connectivity index (χ0n) is 17.5. The van der Waals surface area contributed by atoms with E-state index in [9.17, 15) is 18.0 Å². The lowest BCUT2D eigenvalue weighted by Crippen LogP contribution is -2.21. The SMILES string of the molecule is O=C(Nc1ccccc1Cc1ccccc1)c1ccc2c(c1)S(=O)(=O)c1ccccc1C2=O. The van der Waals surface area contributed by atoms with E-state index in [1.54, 1.807) is 12.1 Å². The van der Waals surface area contributed by atoms with Crippen molar-refractivity contribution in [2.45, 2.75) is 16.2 Å². The first-order valence-corrected chi connectivity index (χ1v) is 11.9. The number of carbonyl (C=O) groups is 2. The molecule has 0 spiro atoms. The highest BCUT2D eigenvalue weighted by molar-refractivity contribution is 7.91. The highest BCUT2D eigenvalue weighted by atomic mass is 32.2. The van der Waals surface area contributed by atoms with Crippen molar-refractivity contribution in [2.75, 3.05) is 5.32 Å². The van der Waals surface area contributed by atoms with Crippen LogP contribution in [-0.4, -0.2) is 20.1 Å². The summed E-state index contributed by atoms with van der Waals surface area (Å²) in [5, 5.41) is 2.89. The second kappa shape index (κ2) is 8.15. The van der Waals surface area contributed by atoms with Gasteiger partial charge in [-0.25, -0.2) is 8.42 Å². The van der Waals surface area contributed by atoms with Crippen LogP contribution < -0.4 is 5.32 Å². The van der Waals surface area contributed by atoms with Crippen molar-refractivity contribution in [3.05, 3.63) is 125 Å². The number of sulfone groups is 1. The number of hydrogen-bond acceptors (Lipinski definition) is 4. The van der Waals surface area contributed by atoms with Crippen molar-refractivity contribution in [2.24, 2.45) is 0 Å². The summed E-state index contributed by atoms with van der Waals surface area (Å²) >= 11 is 0. The monoisotopic (exact) mass is 453 g/mol. The van der Waals surface area contributed by atoms with Crippen molar-refractivity contribution < 1.29 is 18.0 Å². The number of amides is 1. The van der Waals surface area contributed by atoms with Crippen LogP contribution in [0.4, 0.5) is 5.69 Å². The van der Waals surface area contributed by atoms with Gasteiger partial charge in [0.1, 0.15) is 0 Å². The van der Waals surface area contributed by atoms with E-state index in [1.807, 2.05) is 54.6 Å². The lowest BCUT2D eigenvalue weighted by atomic mass is 10.0. The molecule has 5 nitrogen and oxygen atoms in total. The van der Waals surface area contributed by atoms with E-state index >= 15 is 0 Å². The van der Waals surface area contributed by atoms with Gasteiger partial charge in [0.15, 0.2) is 5.78 Å². The minimum atomic E-state index is -3.91. The lowest BCUT2D eigenvalue weighted by Gasteiger charge is -2.19. The summed E-state index contributed by atoms with van der Waals surface area (Å²) < 4.78 is 26.3. The summed E-state index contributed by atoms with van der Waals surface area (Å²) in [5.74, 6) is -0.810. The van der Waals surface area contributed by atoms with Crippen LogP contribution in [0.1, 0.15) is 37.4 Å². The lowest BCUT2D eigenvalue weighted by molar-refractivity contribution is 0.101. The number of anilines is 1. The van der Waals surface area contributed by atoms with Crippen molar-refractivity contribution >= 4 is 27.2 Å². The Bertz CT molecular complexity index is 1510. The summed E-state index contributed by atoms with van der Waals surface area (Å²) in [4.78, 5) is 25.7. The second-order valence-electron chi connectivity index (χ2n) is 7.81. The highest BCUT2D eigenvalue weighted by Crippen LogP contribution is 2.35. The van der Waals surface area contributed by atoms with E-state index in [-0.39, 0.29) is 32.3 Å². The predicted octanol–water partition coefficient (Wildman–Crippen LogP) is 4.91.